The van der Waals surface area contributed by atoms with Gasteiger partial charge in [0.15, 0.2) is 0 Å². The molecular weight excluding hydrogens is 266 g/mol. The van der Waals surface area contributed by atoms with Crippen molar-refractivity contribution in [2.24, 2.45) is 11.7 Å². The standard InChI is InChI=1S/C16H29N3O2/c1-5-12(4)15(17)16(20)18-11-13(19(6-2)7-3)14-9-8-10-21-14/h8-10,12-13,15H,5-7,11,17H2,1-4H3,(H,18,20). The molecule has 120 valence electrons. The number of carbonyl (C=O) groups is 1. The molecule has 5 heteroatoms. The average Bonchev–Trinajstić information content (AvgIpc) is 3.03. The molecule has 21 heavy (non-hydrogen) atoms. The molecule has 5 nitrogen and oxygen atoms in total. The minimum absolute atomic E-state index is 0.0445. The lowest BCUT2D eigenvalue weighted by molar-refractivity contribution is -0.123. The van der Waals surface area contributed by atoms with Crippen molar-refractivity contribution in [3.05, 3.63) is 24.2 Å². The van der Waals surface area contributed by atoms with E-state index in [0.29, 0.717) is 6.54 Å². The van der Waals surface area contributed by atoms with Gasteiger partial charge in [-0.15, -0.1) is 0 Å². The Kier molecular flexibility index (Phi) is 7.47. The van der Waals surface area contributed by atoms with Crippen LogP contribution in [0.4, 0.5) is 0 Å². The quantitative estimate of drug-likeness (QED) is 0.732. The molecular formula is C16H29N3O2. The number of likely N-dealkylation sites (N-methyl/N-ethyl adjacent to an activating group) is 1. The van der Waals surface area contributed by atoms with Gasteiger partial charge in [-0.25, -0.2) is 0 Å². The van der Waals surface area contributed by atoms with E-state index in [4.69, 9.17) is 10.2 Å². The average molecular weight is 295 g/mol. The summed E-state index contributed by atoms with van der Waals surface area (Å²) < 4.78 is 5.52. The van der Waals surface area contributed by atoms with Crippen molar-refractivity contribution in [2.75, 3.05) is 19.6 Å². The van der Waals surface area contributed by atoms with E-state index >= 15 is 0 Å². The summed E-state index contributed by atoms with van der Waals surface area (Å²) in [5.74, 6) is 0.963. The summed E-state index contributed by atoms with van der Waals surface area (Å²) in [6, 6.07) is 3.41. The summed E-state index contributed by atoms with van der Waals surface area (Å²) in [6.45, 7) is 10.6. The number of rotatable bonds is 9. The molecule has 0 aliphatic carbocycles. The number of nitrogens with one attached hydrogen (secondary N) is 1. The third kappa shape index (κ3) is 4.86. The first-order valence-electron chi connectivity index (χ1n) is 7.85. The monoisotopic (exact) mass is 295 g/mol. The number of hydrogen-bond acceptors (Lipinski definition) is 4. The summed E-state index contributed by atoms with van der Waals surface area (Å²) in [7, 11) is 0. The smallest absolute Gasteiger partial charge is 0.237 e. The van der Waals surface area contributed by atoms with Gasteiger partial charge < -0.3 is 15.5 Å². The molecule has 0 aliphatic heterocycles. The Morgan fingerprint density at radius 2 is 2.05 bits per heavy atom. The van der Waals surface area contributed by atoms with Gasteiger partial charge in [-0.1, -0.05) is 34.1 Å². The molecule has 0 aliphatic rings. The lowest BCUT2D eigenvalue weighted by atomic mass is 9.99. The van der Waals surface area contributed by atoms with Crippen molar-refractivity contribution in [3.63, 3.8) is 0 Å². The van der Waals surface area contributed by atoms with E-state index in [2.05, 4.69) is 24.1 Å². The van der Waals surface area contributed by atoms with Gasteiger partial charge in [-0.2, -0.15) is 0 Å². The number of nitrogens with two attached hydrogens (primary N) is 1. The molecule has 0 fully saturated rings. The Bertz CT molecular complexity index is 402. The van der Waals surface area contributed by atoms with Crippen molar-refractivity contribution < 1.29 is 9.21 Å². The molecule has 0 saturated heterocycles. The van der Waals surface area contributed by atoms with E-state index in [1.54, 1.807) is 6.26 Å². The SMILES string of the molecule is CCC(C)C(N)C(=O)NCC(c1ccco1)N(CC)CC. The number of hydrogen-bond donors (Lipinski definition) is 2. The second-order valence-electron chi connectivity index (χ2n) is 5.41. The molecule has 3 unspecified atom stereocenters. The summed E-state index contributed by atoms with van der Waals surface area (Å²) in [6.07, 6.45) is 2.56. The maximum Gasteiger partial charge on any atom is 0.237 e. The third-order valence-electron chi connectivity index (χ3n) is 4.15. The fourth-order valence-corrected chi connectivity index (χ4v) is 2.38. The van der Waals surface area contributed by atoms with Crippen LogP contribution in [0.5, 0.6) is 0 Å². The molecule has 3 N–H and O–H groups in total. The van der Waals surface area contributed by atoms with Crippen LogP contribution in [0.1, 0.15) is 45.9 Å². The van der Waals surface area contributed by atoms with E-state index in [1.165, 1.54) is 0 Å². The third-order valence-corrected chi connectivity index (χ3v) is 4.15. The van der Waals surface area contributed by atoms with E-state index < -0.39 is 6.04 Å². The Morgan fingerprint density at radius 3 is 2.52 bits per heavy atom. The highest BCUT2D eigenvalue weighted by atomic mass is 16.3. The molecule has 1 amide bonds. The zero-order valence-electron chi connectivity index (χ0n) is 13.6. The van der Waals surface area contributed by atoms with Gasteiger partial charge in [0.05, 0.1) is 18.3 Å². The van der Waals surface area contributed by atoms with Crippen LogP contribution in [0.15, 0.2) is 22.8 Å². The van der Waals surface area contributed by atoms with Gasteiger partial charge in [0.1, 0.15) is 5.76 Å². The number of furan rings is 1. The van der Waals surface area contributed by atoms with Crippen LogP contribution in [-0.2, 0) is 4.79 Å². The topological polar surface area (TPSA) is 71.5 Å². The molecule has 1 aromatic rings. The highest BCUT2D eigenvalue weighted by Gasteiger charge is 2.24. The Morgan fingerprint density at radius 1 is 1.38 bits per heavy atom. The Labute approximate surface area is 127 Å². The van der Waals surface area contributed by atoms with Gasteiger partial charge in [0.2, 0.25) is 5.91 Å². The predicted octanol–water partition coefficient (Wildman–Crippen LogP) is 2.15. The lowest BCUT2D eigenvalue weighted by Gasteiger charge is -2.29. The molecule has 0 spiro atoms. The molecule has 3 atom stereocenters. The van der Waals surface area contributed by atoms with Crippen molar-refractivity contribution in [1.82, 2.24) is 10.2 Å². The molecule has 0 bridgehead atoms. The van der Waals surface area contributed by atoms with Gasteiger partial charge >= 0.3 is 0 Å². The second-order valence-corrected chi connectivity index (χ2v) is 5.41. The lowest BCUT2D eigenvalue weighted by Crippen LogP contribution is -2.47. The summed E-state index contributed by atoms with van der Waals surface area (Å²) in [5.41, 5.74) is 5.97. The largest absolute Gasteiger partial charge is 0.468 e. The fourth-order valence-electron chi connectivity index (χ4n) is 2.38. The normalized spacial score (nSPS) is 15.7. The van der Waals surface area contributed by atoms with Gasteiger partial charge in [-0.3, -0.25) is 9.69 Å². The van der Waals surface area contributed by atoms with E-state index in [9.17, 15) is 4.79 Å². The van der Waals surface area contributed by atoms with Crippen LogP contribution in [0, 0.1) is 5.92 Å². The minimum atomic E-state index is -0.455. The Hall–Kier alpha value is -1.33. The zero-order chi connectivity index (χ0) is 15.8. The van der Waals surface area contributed by atoms with E-state index in [-0.39, 0.29) is 17.9 Å². The first kappa shape index (κ1) is 17.7. The van der Waals surface area contributed by atoms with Crippen LogP contribution in [-0.4, -0.2) is 36.5 Å². The van der Waals surface area contributed by atoms with Crippen LogP contribution < -0.4 is 11.1 Å². The molecule has 0 radical (unpaired) electrons. The highest BCUT2D eigenvalue weighted by molar-refractivity contribution is 5.81. The van der Waals surface area contributed by atoms with Crippen LogP contribution in [0.2, 0.25) is 0 Å². The van der Waals surface area contributed by atoms with E-state index in [0.717, 1.165) is 25.3 Å². The Balaban J connectivity index is 2.68. The van der Waals surface area contributed by atoms with Crippen molar-refractivity contribution in [3.8, 4) is 0 Å². The summed E-state index contributed by atoms with van der Waals surface area (Å²) in [5, 5.41) is 2.97. The molecule has 0 saturated carbocycles. The van der Waals surface area contributed by atoms with Crippen molar-refractivity contribution >= 4 is 5.91 Å². The highest BCUT2D eigenvalue weighted by Crippen LogP contribution is 2.20. The second kappa shape index (κ2) is 8.85. The maximum atomic E-state index is 12.1. The zero-order valence-corrected chi connectivity index (χ0v) is 13.6. The van der Waals surface area contributed by atoms with Crippen molar-refractivity contribution in [1.29, 1.82) is 0 Å². The number of amides is 1. The maximum absolute atomic E-state index is 12.1. The molecule has 1 heterocycles. The molecule has 1 rings (SSSR count). The van der Waals surface area contributed by atoms with Crippen LogP contribution in [0.25, 0.3) is 0 Å². The van der Waals surface area contributed by atoms with Crippen LogP contribution >= 0.6 is 0 Å². The first-order chi connectivity index (χ1) is 10.0. The predicted molar refractivity (Wildman–Crippen MR) is 84.8 cm³/mol. The molecule has 0 aromatic carbocycles. The number of nitrogens with zero attached hydrogens (tertiary/aromatic N) is 1. The van der Waals surface area contributed by atoms with Crippen LogP contribution in [0.3, 0.4) is 0 Å². The summed E-state index contributed by atoms with van der Waals surface area (Å²) >= 11 is 0. The minimum Gasteiger partial charge on any atom is -0.468 e. The fraction of sp³-hybridized carbons (Fsp3) is 0.688. The van der Waals surface area contributed by atoms with Gasteiger partial charge in [-0.05, 0) is 31.1 Å². The van der Waals surface area contributed by atoms with Gasteiger partial charge in [0.25, 0.3) is 0 Å². The first-order valence-corrected chi connectivity index (χ1v) is 7.85. The van der Waals surface area contributed by atoms with Crippen molar-refractivity contribution in [2.45, 2.75) is 46.2 Å². The summed E-state index contributed by atoms with van der Waals surface area (Å²) in [4.78, 5) is 14.4. The number of carbonyl (C=O) groups excluding carboxylic acids is 1. The van der Waals surface area contributed by atoms with Gasteiger partial charge in [0, 0.05) is 6.54 Å². The molecule has 1 aromatic heterocycles. The van der Waals surface area contributed by atoms with E-state index in [1.807, 2.05) is 26.0 Å².